The van der Waals surface area contributed by atoms with Crippen LogP contribution >= 0.6 is 0 Å². The van der Waals surface area contributed by atoms with E-state index in [1.807, 2.05) is 0 Å². The Morgan fingerprint density at radius 2 is 1.37 bits per heavy atom. The van der Waals surface area contributed by atoms with Gasteiger partial charge in [-0.15, -0.1) is 0 Å². The van der Waals surface area contributed by atoms with Gasteiger partial charge < -0.3 is 5.32 Å². The Bertz CT molecular complexity index is 1160. The zero-order chi connectivity index (χ0) is 21.9. The molecule has 0 aliphatic carbocycles. The summed E-state index contributed by atoms with van der Waals surface area (Å²) in [5, 5.41) is 2.46. The third-order valence-electron chi connectivity index (χ3n) is 4.02. The summed E-state index contributed by atoms with van der Waals surface area (Å²) in [4.78, 5) is 12.2. The molecule has 0 spiro atoms. The molecule has 3 aromatic rings. The second kappa shape index (κ2) is 8.15. The summed E-state index contributed by atoms with van der Waals surface area (Å²) in [6.45, 7) is 0. The summed E-state index contributed by atoms with van der Waals surface area (Å²) in [6.07, 6.45) is -4.53. The number of para-hydroxylation sites is 2. The first kappa shape index (κ1) is 21.3. The molecule has 10 heteroatoms. The second-order valence-corrected chi connectivity index (χ2v) is 7.82. The minimum absolute atomic E-state index is 0.0297. The molecule has 2 N–H and O–H groups in total. The standard InChI is InChI=1S/C20H14F4N2O3S/c21-15-9-11-16(12-10-15)30(28,29)26-18-4-2-1-3-17(18)25-19(27)13-5-7-14(8-6-13)20(22,23)24/h1-12,26H,(H,25,27). The van der Waals surface area contributed by atoms with E-state index in [1.54, 1.807) is 0 Å². The number of carbonyl (C=O) groups is 1. The normalized spacial score (nSPS) is 11.7. The quantitative estimate of drug-likeness (QED) is 0.557. The van der Waals surface area contributed by atoms with Crippen molar-refractivity contribution in [2.24, 2.45) is 0 Å². The maximum absolute atomic E-state index is 13.0. The number of hydrogen-bond acceptors (Lipinski definition) is 3. The van der Waals surface area contributed by atoms with Gasteiger partial charge in [-0.3, -0.25) is 9.52 Å². The number of sulfonamides is 1. The Balaban J connectivity index is 1.81. The number of anilines is 2. The van der Waals surface area contributed by atoms with Gasteiger partial charge in [0.2, 0.25) is 0 Å². The lowest BCUT2D eigenvalue weighted by Crippen LogP contribution is -2.17. The zero-order valence-corrected chi connectivity index (χ0v) is 15.9. The fourth-order valence-corrected chi connectivity index (χ4v) is 3.58. The molecule has 5 nitrogen and oxygen atoms in total. The van der Waals surface area contributed by atoms with Crippen LogP contribution in [0.3, 0.4) is 0 Å². The third kappa shape index (κ3) is 4.95. The summed E-state index contributed by atoms with van der Waals surface area (Å²) in [6, 6.07) is 13.6. The van der Waals surface area contributed by atoms with Gasteiger partial charge in [0.25, 0.3) is 15.9 Å². The summed E-state index contributed by atoms with van der Waals surface area (Å²) in [7, 11) is -4.07. The van der Waals surface area contributed by atoms with Crippen LogP contribution in [0.15, 0.2) is 77.7 Å². The highest BCUT2D eigenvalue weighted by molar-refractivity contribution is 7.92. The molecule has 0 saturated heterocycles. The lowest BCUT2D eigenvalue weighted by Gasteiger charge is -2.14. The fourth-order valence-electron chi connectivity index (χ4n) is 2.50. The minimum Gasteiger partial charge on any atom is -0.320 e. The van der Waals surface area contributed by atoms with E-state index in [0.29, 0.717) is 0 Å². The predicted octanol–water partition coefficient (Wildman–Crippen LogP) is 4.90. The van der Waals surface area contributed by atoms with E-state index in [-0.39, 0.29) is 21.8 Å². The van der Waals surface area contributed by atoms with E-state index in [2.05, 4.69) is 10.0 Å². The lowest BCUT2D eigenvalue weighted by atomic mass is 10.1. The molecule has 0 heterocycles. The number of hydrogen-bond donors (Lipinski definition) is 2. The van der Waals surface area contributed by atoms with Crippen LogP contribution in [0.4, 0.5) is 28.9 Å². The summed E-state index contributed by atoms with van der Waals surface area (Å²) in [5.41, 5.74) is -0.819. The van der Waals surface area contributed by atoms with Crippen LogP contribution in [0.25, 0.3) is 0 Å². The predicted molar refractivity (Wildman–Crippen MR) is 103 cm³/mol. The van der Waals surface area contributed by atoms with Crippen LogP contribution in [0.5, 0.6) is 0 Å². The molecule has 0 radical (unpaired) electrons. The van der Waals surface area contributed by atoms with Crippen LogP contribution < -0.4 is 10.0 Å². The molecule has 0 fully saturated rings. The minimum atomic E-state index is -4.53. The number of nitrogens with one attached hydrogen (secondary N) is 2. The van der Waals surface area contributed by atoms with Gasteiger partial charge in [-0.1, -0.05) is 12.1 Å². The molecule has 0 unspecified atom stereocenters. The van der Waals surface area contributed by atoms with Crippen molar-refractivity contribution in [3.05, 3.63) is 89.7 Å². The van der Waals surface area contributed by atoms with Crippen molar-refractivity contribution in [3.8, 4) is 0 Å². The maximum atomic E-state index is 13.0. The largest absolute Gasteiger partial charge is 0.416 e. The number of halogens is 4. The van der Waals surface area contributed by atoms with Gasteiger partial charge in [0.1, 0.15) is 5.82 Å². The molecular formula is C20H14F4N2O3S. The molecule has 0 aliphatic rings. The molecule has 0 aromatic heterocycles. The van der Waals surface area contributed by atoms with E-state index < -0.39 is 33.5 Å². The molecule has 1 amide bonds. The van der Waals surface area contributed by atoms with Gasteiger partial charge >= 0.3 is 6.18 Å². The van der Waals surface area contributed by atoms with Crippen LogP contribution in [0.1, 0.15) is 15.9 Å². The smallest absolute Gasteiger partial charge is 0.320 e. The van der Waals surface area contributed by atoms with Gasteiger partial charge in [0.15, 0.2) is 0 Å². The molecule has 30 heavy (non-hydrogen) atoms. The van der Waals surface area contributed by atoms with Gasteiger partial charge in [-0.25, -0.2) is 12.8 Å². The van der Waals surface area contributed by atoms with E-state index in [0.717, 1.165) is 48.5 Å². The molecule has 0 aliphatic heterocycles. The number of carbonyl (C=O) groups excluding carboxylic acids is 1. The Kier molecular flexibility index (Phi) is 5.79. The first-order chi connectivity index (χ1) is 14.1. The molecule has 0 atom stereocenters. The molecular weight excluding hydrogens is 424 g/mol. The van der Waals surface area contributed by atoms with Crippen LogP contribution in [-0.4, -0.2) is 14.3 Å². The second-order valence-electron chi connectivity index (χ2n) is 6.13. The monoisotopic (exact) mass is 438 g/mol. The van der Waals surface area contributed by atoms with Gasteiger partial charge in [-0.2, -0.15) is 13.2 Å². The molecule has 3 aromatic carbocycles. The maximum Gasteiger partial charge on any atom is 0.416 e. The van der Waals surface area contributed by atoms with E-state index >= 15 is 0 Å². The van der Waals surface area contributed by atoms with Crippen molar-refractivity contribution in [2.45, 2.75) is 11.1 Å². The topological polar surface area (TPSA) is 75.3 Å². The van der Waals surface area contributed by atoms with Crippen LogP contribution in [-0.2, 0) is 16.2 Å². The van der Waals surface area contributed by atoms with Crippen molar-refractivity contribution in [1.29, 1.82) is 0 Å². The van der Waals surface area contributed by atoms with E-state index in [1.165, 1.54) is 24.3 Å². The van der Waals surface area contributed by atoms with Gasteiger partial charge in [-0.05, 0) is 60.7 Å². The lowest BCUT2D eigenvalue weighted by molar-refractivity contribution is -0.137. The Labute approximate surface area is 169 Å². The highest BCUT2D eigenvalue weighted by Gasteiger charge is 2.30. The Morgan fingerprint density at radius 1 is 0.800 bits per heavy atom. The SMILES string of the molecule is O=C(Nc1ccccc1NS(=O)(=O)c1ccc(F)cc1)c1ccc(C(F)(F)F)cc1. The highest BCUT2D eigenvalue weighted by Crippen LogP contribution is 2.29. The molecule has 3 rings (SSSR count). The average molecular weight is 438 g/mol. The first-order valence-electron chi connectivity index (χ1n) is 8.42. The number of rotatable bonds is 5. The number of amides is 1. The fraction of sp³-hybridized carbons (Fsp3) is 0.0500. The first-order valence-corrected chi connectivity index (χ1v) is 9.90. The van der Waals surface area contributed by atoms with Crippen molar-refractivity contribution in [3.63, 3.8) is 0 Å². The van der Waals surface area contributed by atoms with E-state index in [4.69, 9.17) is 0 Å². The van der Waals surface area contributed by atoms with Crippen LogP contribution in [0, 0.1) is 5.82 Å². The van der Waals surface area contributed by atoms with Gasteiger partial charge in [0, 0.05) is 5.56 Å². The summed E-state index contributed by atoms with van der Waals surface area (Å²) >= 11 is 0. The summed E-state index contributed by atoms with van der Waals surface area (Å²) < 4.78 is 78.3. The molecule has 156 valence electrons. The molecule has 0 bridgehead atoms. The van der Waals surface area contributed by atoms with Crippen molar-refractivity contribution in [1.82, 2.24) is 0 Å². The number of alkyl halides is 3. The highest BCUT2D eigenvalue weighted by atomic mass is 32.2. The Hall–Kier alpha value is -3.40. The van der Waals surface area contributed by atoms with Crippen molar-refractivity contribution < 1.29 is 30.8 Å². The van der Waals surface area contributed by atoms with Crippen molar-refractivity contribution >= 4 is 27.3 Å². The average Bonchev–Trinajstić information content (AvgIpc) is 2.69. The van der Waals surface area contributed by atoms with E-state index in [9.17, 15) is 30.8 Å². The number of benzene rings is 3. The zero-order valence-electron chi connectivity index (χ0n) is 15.1. The molecule has 0 saturated carbocycles. The Morgan fingerprint density at radius 3 is 1.93 bits per heavy atom. The third-order valence-corrected chi connectivity index (χ3v) is 5.40. The summed E-state index contributed by atoms with van der Waals surface area (Å²) in [5.74, 6) is -1.32. The van der Waals surface area contributed by atoms with Gasteiger partial charge in [0.05, 0.1) is 21.8 Å². The van der Waals surface area contributed by atoms with Crippen LogP contribution in [0.2, 0.25) is 0 Å². The van der Waals surface area contributed by atoms with Crippen molar-refractivity contribution in [2.75, 3.05) is 10.0 Å².